The molecule has 0 unspecified atom stereocenters. The Balaban J connectivity index is 0.924. The summed E-state index contributed by atoms with van der Waals surface area (Å²) in [6.45, 7) is 10.3. The first kappa shape index (κ1) is 59.2. The predicted octanol–water partition coefficient (Wildman–Crippen LogP) is 8.55. The molecule has 0 spiro atoms. The fraction of sp³-hybridized carbons (Fsp3) is 0.393. The van der Waals surface area contributed by atoms with Crippen molar-refractivity contribution in [1.29, 1.82) is 10.5 Å². The van der Waals surface area contributed by atoms with Gasteiger partial charge in [-0.05, 0) is 113 Å². The van der Waals surface area contributed by atoms with E-state index in [2.05, 4.69) is 23.8 Å². The van der Waals surface area contributed by atoms with Crippen LogP contribution < -0.4 is 29.6 Å². The summed E-state index contributed by atoms with van der Waals surface area (Å²) in [4.78, 5) is 101. The highest BCUT2D eigenvalue weighted by Crippen LogP contribution is 2.59. The first-order valence-electron chi connectivity index (χ1n) is 25.1. The van der Waals surface area contributed by atoms with Crippen LogP contribution in [-0.2, 0) is 60.6 Å². The van der Waals surface area contributed by atoms with E-state index in [9.17, 15) is 48.9 Å². The maximum atomic E-state index is 13.6. The Kier molecular flexibility index (Phi) is 22.3. The zero-order valence-corrected chi connectivity index (χ0v) is 44.7. The average Bonchev–Trinajstić information content (AvgIpc) is 3.90. The summed E-state index contributed by atoms with van der Waals surface area (Å²) in [5, 5.41) is 24.3. The van der Waals surface area contributed by atoms with Crippen molar-refractivity contribution in [1.82, 2.24) is 10.6 Å². The summed E-state index contributed by atoms with van der Waals surface area (Å²) in [7, 11) is 0. The molecule has 2 N–H and O–H groups in total. The molecular weight excluding hydrogens is 1050 g/mol. The first-order valence-corrected chi connectivity index (χ1v) is 26.7. The Morgan fingerprint density at radius 3 is 1.15 bits per heavy atom. The van der Waals surface area contributed by atoms with Gasteiger partial charge in [0.25, 0.3) is 0 Å². The van der Waals surface area contributed by atoms with Crippen LogP contribution in [0.5, 0.6) is 23.0 Å². The summed E-state index contributed by atoms with van der Waals surface area (Å²) < 4.78 is 43.6. The van der Waals surface area contributed by atoms with Crippen molar-refractivity contribution >= 4 is 71.5 Å². The molecule has 1 heterocycles. The lowest BCUT2D eigenvalue weighted by Gasteiger charge is -2.26. The highest BCUT2D eigenvalue weighted by Gasteiger charge is 2.37. The number of esters is 6. The molecule has 2 fully saturated rings. The molecule has 3 aliphatic rings. The SMILES string of the molecule is C=C(C)C(=O)OCCNC(=O)OCCc1ccc(OC(=O)[C@H]2CC[C@H](C(=O)Oc3ccc(OC(=O)[C@H]4CC[C@H](C(=O)Oc5ccc(CCOC(=O)NCCOC(=O)C(=C)C)cc5)CC4)c4c3SC(=C(C#N)C#N)S4)CC2)cc1. The van der Waals surface area contributed by atoms with Crippen LogP contribution in [0.4, 0.5) is 9.59 Å². The molecule has 2 amide bonds. The number of allylic oxidation sites excluding steroid dienone is 1. The smallest absolute Gasteiger partial charge is 0.407 e. The molecule has 78 heavy (non-hydrogen) atoms. The normalized spacial score (nSPS) is 17.2. The molecule has 3 aromatic rings. The van der Waals surface area contributed by atoms with Crippen LogP contribution in [0.15, 0.2) is 105 Å². The van der Waals surface area contributed by atoms with E-state index in [-0.39, 0.29) is 67.7 Å². The van der Waals surface area contributed by atoms with Crippen LogP contribution in [-0.4, -0.2) is 87.5 Å². The quantitative estimate of drug-likeness (QED) is 0.0238. The highest BCUT2D eigenvalue weighted by molar-refractivity contribution is 8.24. The Bertz CT molecular complexity index is 2680. The molecule has 22 heteroatoms. The van der Waals surface area contributed by atoms with Crippen molar-refractivity contribution < 1.29 is 76.3 Å². The molecule has 0 bridgehead atoms. The van der Waals surface area contributed by atoms with E-state index >= 15 is 0 Å². The van der Waals surface area contributed by atoms with E-state index < -0.39 is 71.7 Å². The Morgan fingerprint density at radius 1 is 0.500 bits per heavy atom. The Labute approximate surface area is 459 Å². The predicted molar refractivity (Wildman–Crippen MR) is 280 cm³/mol. The van der Waals surface area contributed by atoms with Gasteiger partial charge in [0, 0.05) is 24.0 Å². The number of amides is 2. The Hall–Kier alpha value is -8.08. The van der Waals surface area contributed by atoms with E-state index in [1.807, 2.05) is 12.1 Å². The third-order valence-electron chi connectivity index (χ3n) is 12.5. The van der Waals surface area contributed by atoms with Gasteiger partial charge in [-0.3, -0.25) is 19.2 Å². The average molecular weight is 1110 g/mol. The fourth-order valence-corrected chi connectivity index (χ4v) is 10.6. The second-order valence-corrected chi connectivity index (χ2v) is 20.6. The number of rotatable bonds is 22. The first-order chi connectivity index (χ1) is 37.5. The number of hydrogen-bond donors (Lipinski definition) is 2. The molecule has 0 aromatic heterocycles. The number of nitrogens with one attached hydrogen (secondary N) is 2. The molecule has 0 atom stereocenters. The van der Waals surface area contributed by atoms with Crippen LogP contribution >= 0.6 is 23.5 Å². The molecule has 0 radical (unpaired) electrons. The lowest BCUT2D eigenvalue weighted by Crippen LogP contribution is -2.30. The van der Waals surface area contributed by atoms with Gasteiger partial charge in [0.1, 0.15) is 53.9 Å². The number of ether oxygens (including phenoxy) is 8. The highest BCUT2D eigenvalue weighted by atomic mass is 32.2. The van der Waals surface area contributed by atoms with Crippen LogP contribution in [0.2, 0.25) is 0 Å². The Morgan fingerprint density at radius 2 is 0.833 bits per heavy atom. The standard InChI is InChI=1S/C56H58N4O16S2/c1-33(2)48(61)69-29-25-59-55(67)71-27-23-35-5-17-42(18-6-35)73-50(63)37-9-13-39(14-10-37)52(65)75-44-21-22-45(47-46(44)77-54(78-47)41(31-57)32-58)76-53(66)40-15-11-38(12-16-40)51(64)74-43-19-7-36(8-20-43)24-28-72-56(68)60-26-30-70-49(62)34(3)4/h5-8,17-22,37-40H,1,3,9-16,23-30H2,2,4H3,(H,59,67)(H,60,68)/t37-,38-,39-,40-. The minimum absolute atomic E-state index is 0.0174. The third-order valence-corrected chi connectivity index (χ3v) is 15.1. The number of fused-ring (bicyclic) bond motifs is 1. The van der Waals surface area contributed by atoms with Crippen LogP contribution in [0.1, 0.15) is 76.3 Å². The number of nitrogens with zero attached hydrogens (tertiary/aromatic N) is 2. The number of benzene rings is 3. The summed E-state index contributed by atoms with van der Waals surface area (Å²) >= 11 is 2.12. The third kappa shape index (κ3) is 17.7. The van der Waals surface area contributed by atoms with Gasteiger partial charge < -0.3 is 48.5 Å². The van der Waals surface area contributed by atoms with Gasteiger partial charge in [-0.15, -0.1) is 0 Å². The van der Waals surface area contributed by atoms with Gasteiger partial charge in [0.2, 0.25) is 0 Å². The summed E-state index contributed by atoms with van der Waals surface area (Å²) in [5.41, 5.74) is 2.03. The van der Waals surface area contributed by atoms with Gasteiger partial charge in [-0.1, -0.05) is 60.9 Å². The molecule has 6 rings (SSSR count). The van der Waals surface area contributed by atoms with Gasteiger partial charge in [-0.2, -0.15) is 10.5 Å². The van der Waals surface area contributed by atoms with Gasteiger partial charge >= 0.3 is 48.0 Å². The van der Waals surface area contributed by atoms with Gasteiger partial charge in [-0.25, -0.2) is 19.2 Å². The summed E-state index contributed by atoms with van der Waals surface area (Å²) in [6, 6.07) is 20.4. The molecule has 2 saturated carbocycles. The van der Waals surface area contributed by atoms with E-state index in [1.54, 1.807) is 48.5 Å². The van der Waals surface area contributed by atoms with Crippen molar-refractivity contribution in [3.8, 4) is 35.1 Å². The summed E-state index contributed by atoms with van der Waals surface area (Å²) in [5.74, 6) is -3.93. The van der Waals surface area contributed by atoms with Crippen molar-refractivity contribution in [3.05, 3.63) is 106 Å². The number of carbonyl (C=O) groups excluding carboxylic acids is 8. The van der Waals surface area contributed by atoms with Gasteiger partial charge in [0.05, 0.1) is 64.0 Å². The number of alkyl carbamates (subject to hydrolysis) is 2. The maximum absolute atomic E-state index is 13.6. The second-order valence-electron chi connectivity index (χ2n) is 18.3. The molecule has 3 aromatic carbocycles. The number of thioether (sulfide) groups is 2. The van der Waals surface area contributed by atoms with Crippen LogP contribution in [0.3, 0.4) is 0 Å². The number of carbonyl (C=O) groups is 8. The molecule has 1 aliphatic heterocycles. The molecular formula is C56H58N4O16S2. The molecule has 2 aliphatic carbocycles. The molecule has 0 saturated heterocycles. The maximum Gasteiger partial charge on any atom is 0.407 e. The zero-order valence-electron chi connectivity index (χ0n) is 43.1. The van der Waals surface area contributed by atoms with E-state index in [0.717, 1.165) is 34.7 Å². The van der Waals surface area contributed by atoms with E-state index in [4.69, 9.17) is 37.9 Å². The lowest BCUT2D eigenvalue weighted by atomic mass is 9.82. The minimum Gasteiger partial charge on any atom is -0.460 e. The van der Waals surface area contributed by atoms with Crippen molar-refractivity contribution in [2.75, 3.05) is 39.5 Å². The molecule has 20 nitrogen and oxygen atoms in total. The lowest BCUT2D eigenvalue weighted by molar-refractivity contribution is -0.145. The van der Waals surface area contributed by atoms with Crippen LogP contribution in [0.25, 0.3) is 0 Å². The summed E-state index contributed by atoms with van der Waals surface area (Å²) in [6.07, 6.45) is 2.45. The monoisotopic (exact) mass is 1110 g/mol. The zero-order chi connectivity index (χ0) is 56.1. The minimum atomic E-state index is -0.658. The largest absolute Gasteiger partial charge is 0.460 e. The second kappa shape index (κ2) is 29.4. The van der Waals surface area contributed by atoms with Crippen LogP contribution in [0, 0.1) is 46.3 Å². The topological polar surface area (TPSA) is 282 Å². The number of nitriles is 2. The van der Waals surface area contributed by atoms with Crippen molar-refractivity contribution in [2.45, 2.75) is 87.8 Å². The number of hydrogen-bond acceptors (Lipinski definition) is 20. The van der Waals surface area contributed by atoms with Crippen molar-refractivity contribution in [2.24, 2.45) is 23.7 Å². The van der Waals surface area contributed by atoms with E-state index in [1.165, 1.54) is 26.0 Å². The van der Waals surface area contributed by atoms with Gasteiger partial charge in [0.15, 0.2) is 0 Å². The van der Waals surface area contributed by atoms with Crippen molar-refractivity contribution in [3.63, 3.8) is 0 Å². The molecule has 410 valence electrons. The fourth-order valence-electron chi connectivity index (χ4n) is 8.13. The van der Waals surface area contributed by atoms with E-state index in [0.29, 0.717) is 89.7 Å².